The van der Waals surface area contributed by atoms with Crippen molar-refractivity contribution in [3.8, 4) is 23.2 Å². The number of halogens is 3. The predicted molar refractivity (Wildman–Crippen MR) is 191 cm³/mol. The van der Waals surface area contributed by atoms with E-state index in [9.17, 15) is 14.4 Å². The smallest absolute Gasteiger partial charge is 0.319 e. The van der Waals surface area contributed by atoms with E-state index in [1.165, 1.54) is 6.07 Å². The molecule has 4 atom stereocenters. The van der Waals surface area contributed by atoms with Gasteiger partial charge in [0.05, 0.1) is 29.7 Å². The van der Waals surface area contributed by atoms with Crippen LogP contribution < -0.4 is 20.7 Å². The molecule has 0 aliphatic carbocycles. The first-order valence-corrected chi connectivity index (χ1v) is 18.8. The molecule has 2 aromatic carbocycles. The van der Waals surface area contributed by atoms with Gasteiger partial charge in [-0.05, 0) is 55.5 Å². The van der Waals surface area contributed by atoms with Gasteiger partial charge in [0.1, 0.15) is 41.0 Å². The highest BCUT2D eigenvalue weighted by Crippen LogP contribution is 2.49. The summed E-state index contributed by atoms with van der Waals surface area (Å²) in [5, 5.41) is 13.7. The molecule has 272 valence electrons. The molecule has 52 heavy (non-hydrogen) atoms. The van der Waals surface area contributed by atoms with Gasteiger partial charge in [0.15, 0.2) is 5.82 Å². The van der Waals surface area contributed by atoms with E-state index in [4.69, 9.17) is 25.2 Å². The number of benzene rings is 2. The number of carbonyl (C=O) groups excluding carboxylic acids is 1. The quantitative estimate of drug-likeness (QED) is 0.255. The summed E-state index contributed by atoms with van der Waals surface area (Å²) in [6.07, 6.45) is 3.31. The molecule has 5 aliphatic rings. The molecule has 4 saturated heterocycles. The van der Waals surface area contributed by atoms with Crippen LogP contribution in [-0.2, 0) is 22.7 Å². The van der Waals surface area contributed by atoms with E-state index in [2.05, 4.69) is 26.1 Å². The van der Waals surface area contributed by atoms with Crippen LogP contribution in [0.15, 0.2) is 12.1 Å². The van der Waals surface area contributed by atoms with E-state index in [0.717, 1.165) is 43.6 Å². The van der Waals surface area contributed by atoms with Crippen LogP contribution in [0.4, 0.5) is 24.0 Å². The van der Waals surface area contributed by atoms with Gasteiger partial charge in [-0.25, -0.2) is 13.2 Å². The lowest BCUT2D eigenvalue weighted by Crippen LogP contribution is -2.54. The number of thiophene rings is 1. The highest BCUT2D eigenvalue weighted by Gasteiger charge is 2.50. The largest absolute Gasteiger partial charge is 0.461 e. The molecule has 9 rings (SSSR count). The Morgan fingerprint density at radius 1 is 1.15 bits per heavy atom. The maximum absolute atomic E-state index is 17.6. The van der Waals surface area contributed by atoms with Gasteiger partial charge in [0.25, 0.3) is 0 Å². The second kappa shape index (κ2) is 12.7. The maximum atomic E-state index is 17.6. The Hall–Kier alpha value is -4.23. The standard InChI is InChI=1S/C37H39F3N8O3S/c1-43-27(49)7-10-46-14-20-3-4-21(15-46)48(20)35-30-24-17-50-16-23(24)29(31-25(39)5-6-26-28(31)22(12-41)34(42)52-26)32(40)33(30)44-36(45-35)51-18-37-8-2-9-47(37)13-19(38)11-37/h5-6,19-21H,2-4,7-11,13-18,42H2,1H3,(H,43,49)/t19-,20?,21?,37+/m1/s1. The van der Waals surface area contributed by atoms with Crippen molar-refractivity contribution >= 4 is 49.1 Å². The lowest BCUT2D eigenvalue weighted by molar-refractivity contribution is -0.121. The van der Waals surface area contributed by atoms with Crippen molar-refractivity contribution in [3.05, 3.63) is 40.5 Å². The average molecular weight is 733 g/mol. The van der Waals surface area contributed by atoms with Gasteiger partial charge in [-0.2, -0.15) is 15.2 Å². The van der Waals surface area contributed by atoms with Crippen molar-refractivity contribution in [2.45, 2.75) is 75.5 Å². The number of nitrogen functional groups attached to an aromatic ring is 1. The van der Waals surface area contributed by atoms with Gasteiger partial charge in [0, 0.05) is 79.4 Å². The normalized spacial score (nSPS) is 25.6. The zero-order chi connectivity index (χ0) is 35.9. The third-order valence-corrected chi connectivity index (χ3v) is 12.9. The molecule has 0 spiro atoms. The fourth-order valence-electron chi connectivity index (χ4n) is 9.59. The molecular formula is C37H39F3N8O3S. The molecule has 4 aromatic rings. The number of likely N-dealkylation sites (tertiary alicyclic amines) is 1. The number of hydrogen-bond donors (Lipinski definition) is 2. The molecule has 5 aliphatic heterocycles. The highest BCUT2D eigenvalue weighted by molar-refractivity contribution is 7.23. The van der Waals surface area contributed by atoms with Crippen molar-refractivity contribution in [1.82, 2.24) is 25.1 Å². The molecule has 3 N–H and O–H groups in total. The Morgan fingerprint density at radius 3 is 2.71 bits per heavy atom. The first-order valence-electron chi connectivity index (χ1n) is 18.0. The number of nitriles is 1. The number of nitrogens with zero attached hydrogens (tertiary/aromatic N) is 6. The van der Waals surface area contributed by atoms with Gasteiger partial charge < -0.3 is 25.4 Å². The second-order valence-corrected chi connectivity index (χ2v) is 15.9. The number of ether oxygens (including phenoxy) is 2. The average Bonchev–Trinajstić information content (AvgIpc) is 3.94. The number of piperazine rings is 1. The first-order chi connectivity index (χ1) is 25.2. The molecule has 2 unspecified atom stereocenters. The molecule has 4 fully saturated rings. The molecule has 1 amide bonds. The zero-order valence-electron chi connectivity index (χ0n) is 28.8. The van der Waals surface area contributed by atoms with Crippen molar-refractivity contribution in [2.24, 2.45) is 0 Å². The minimum absolute atomic E-state index is 0.00776. The van der Waals surface area contributed by atoms with Crippen LogP contribution in [0.2, 0.25) is 0 Å². The van der Waals surface area contributed by atoms with E-state index in [-0.39, 0.29) is 76.4 Å². The number of aromatic nitrogens is 2. The molecule has 15 heteroatoms. The fraction of sp³-hybridized carbons (Fsp3) is 0.514. The minimum atomic E-state index is -0.947. The Kier molecular flexibility index (Phi) is 8.22. The van der Waals surface area contributed by atoms with Gasteiger partial charge in [-0.1, -0.05) is 0 Å². The summed E-state index contributed by atoms with van der Waals surface area (Å²) < 4.78 is 61.3. The number of hydrogen-bond acceptors (Lipinski definition) is 11. The van der Waals surface area contributed by atoms with Crippen LogP contribution in [0, 0.1) is 23.0 Å². The van der Waals surface area contributed by atoms with Gasteiger partial charge in [0.2, 0.25) is 5.91 Å². The van der Waals surface area contributed by atoms with Crippen LogP contribution in [0.5, 0.6) is 6.01 Å². The molecule has 7 heterocycles. The van der Waals surface area contributed by atoms with E-state index in [0.29, 0.717) is 66.1 Å². The lowest BCUT2D eigenvalue weighted by Gasteiger charge is -2.42. The van der Waals surface area contributed by atoms with Crippen LogP contribution >= 0.6 is 11.3 Å². The molecule has 2 bridgehead atoms. The highest BCUT2D eigenvalue weighted by atomic mass is 32.1. The number of nitrogens with one attached hydrogen (secondary N) is 1. The predicted octanol–water partition coefficient (Wildman–Crippen LogP) is 5.02. The second-order valence-electron chi connectivity index (χ2n) is 14.8. The monoisotopic (exact) mass is 732 g/mol. The zero-order valence-corrected chi connectivity index (χ0v) is 29.6. The van der Waals surface area contributed by atoms with Crippen molar-refractivity contribution in [2.75, 3.05) is 57.0 Å². The fourth-order valence-corrected chi connectivity index (χ4v) is 10.5. The first kappa shape index (κ1) is 33.6. The number of nitrogens with two attached hydrogens (primary N) is 1. The summed E-state index contributed by atoms with van der Waals surface area (Å²) in [6.45, 7) is 3.53. The number of alkyl halides is 1. The third kappa shape index (κ3) is 5.20. The van der Waals surface area contributed by atoms with Crippen molar-refractivity contribution in [1.29, 1.82) is 5.26 Å². The lowest BCUT2D eigenvalue weighted by atomic mass is 9.90. The summed E-state index contributed by atoms with van der Waals surface area (Å²) in [7, 11) is 1.64. The van der Waals surface area contributed by atoms with Gasteiger partial charge >= 0.3 is 6.01 Å². The van der Waals surface area contributed by atoms with E-state index < -0.39 is 23.3 Å². The SMILES string of the molecule is CNC(=O)CCN1CC2CCC(C1)N2c1nc(OC[C@@]23CCCN2C[C@H](F)C3)nc2c(F)c(-c3c(F)ccc4sc(N)c(C#N)c34)c3c(c12)COC3. The number of amides is 1. The summed E-state index contributed by atoms with van der Waals surface area (Å²) >= 11 is 1.15. The molecule has 0 radical (unpaired) electrons. The van der Waals surface area contributed by atoms with E-state index in [1.54, 1.807) is 13.1 Å². The summed E-state index contributed by atoms with van der Waals surface area (Å²) in [6, 6.07) is 4.99. The number of fused-ring (bicyclic) bond motifs is 7. The maximum Gasteiger partial charge on any atom is 0.319 e. The summed E-state index contributed by atoms with van der Waals surface area (Å²) in [4.78, 5) is 28.5. The Bertz CT molecular complexity index is 2160. The topological polar surface area (TPSA) is 133 Å². The molecular weight excluding hydrogens is 694 g/mol. The number of rotatable bonds is 8. The van der Waals surface area contributed by atoms with Crippen LogP contribution in [0.25, 0.3) is 32.1 Å². The Morgan fingerprint density at radius 2 is 1.94 bits per heavy atom. The van der Waals surface area contributed by atoms with E-state index in [1.807, 2.05) is 0 Å². The Labute approximate surface area is 302 Å². The minimum Gasteiger partial charge on any atom is -0.461 e. The van der Waals surface area contributed by atoms with E-state index >= 15 is 8.78 Å². The van der Waals surface area contributed by atoms with Crippen LogP contribution in [0.1, 0.15) is 55.2 Å². The number of carbonyl (C=O) groups is 1. The number of anilines is 2. The van der Waals surface area contributed by atoms with Gasteiger partial charge in [-0.15, -0.1) is 11.3 Å². The summed E-state index contributed by atoms with van der Waals surface area (Å²) in [5.41, 5.74) is 6.91. The van der Waals surface area contributed by atoms with Crippen molar-refractivity contribution < 1.29 is 27.4 Å². The molecule has 2 aromatic heterocycles. The molecule has 0 saturated carbocycles. The van der Waals surface area contributed by atoms with Crippen molar-refractivity contribution in [3.63, 3.8) is 0 Å². The third-order valence-electron chi connectivity index (χ3n) is 11.9. The Balaban J connectivity index is 1.21. The van der Waals surface area contributed by atoms with Crippen LogP contribution in [-0.4, -0.2) is 95.8 Å². The van der Waals surface area contributed by atoms with Crippen LogP contribution in [0.3, 0.4) is 0 Å². The van der Waals surface area contributed by atoms with Gasteiger partial charge in [-0.3, -0.25) is 14.6 Å². The summed E-state index contributed by atoms with van der Waals surface area (Å²) in [5.74, 6) is -0.915. The molecule has 11 nitrogen and oxygen atoms in total.